The van der Waals surface area contributed by atoms with Crippen LogP contribution in [-0.2, 0) is 29.1 Å². The molecule has 5 N–H and O–H groups in total. The smallest absolute Gasteiger partial charge is 0.286 e. The molecule has 3 rings (SSSR count). The summed E-state index contributed by atoms with van der Waals surface area (Å²) in [5.41, 5.74) is 6.93. The number of carbonyl (C=O) groups is 2. The van der Waals surface area contributed by atoms with Crippen LogP contribution in [0.3, 0.4) is 0 Å². The number of nitrogens with two attached hydrogens (primary N) is 1. The third-order valence-corrected chi connectivity index (χ3v) is 9.12. The molecule has 44 heavy (non-hydrogen) atoms. The summed E-state index contributed by atoms with van der Waals surface area (Å²) >= 11 is 0. The number of hydrogen-bond donors (Lipinski definition) is 4. The highest BCUT2D eigenvalue weighted by Crippen LogP contribution is 2.29. The van der Waals surface area contributed by atoms with Crippen LogP contribution >= 0.6 is 0 Å². The normalized spacial score (nSPS) is 16.7. The number of rotatable bonds is 17. The minimum atomic E-state index is -3.89. The summed E-state index contributed by atoms with van der Waals surface area (Å²) in [6.45, 7) is 3.96. The molecule has 0 fully saturated rings. The van der Waals surface area contributed by atoms with Crippen LogP contribution < -0.4 is 21.1 Å². The first-order chi connectivity index (χ1) is 21.0. The second kappa shape index (κ2) is 17.0. The van der Waals surface area contributed by atoms with Gasteiger partial charge in [0.1, 0.15) is 5.75 Å². The Morgan fingerprint density at radius 3 is 2.50 bits per heavy atom. The highest BCUT2D eigenvalue weighted by atomic mass is 32.2. The number of hydrogen-bond acceptors (Lipinski definition) is 9. The van der Waals surface area contributed by atoms with E-state index in [0.29, 0.717) is 42.9 Å². The Morgan fingerprint density at radius 1 is 1.11 bits per heavy atom. The first-order valence-corrected chi connectivity index (χ1v) is 16.2. The Balaban J connectivity index is 1.48. The summed E-state index contributed by atoms with van der Waals surface area (Å²) in [6, 6.07) is 13.0. The summed E-state index contributed by atoms with van der Waals surface area (Å²) < 4.78 is 44.3. The Bertz CT molecular complexity index is 1360. The number of sulfonamides is 1. The number of allylic oxidation sites excluding steroid dienone is 1. The first-order valence-electron chi connectivity index (χ1n) is 14.7. The van der Waals surface area contributed by atoms with Gasteiger partial charge in [0.25, 0.3) is 5.91 Å². The average Bonchev–Trinajstić information content (AvgIpc) is 3.01. The van der Waals surface area contributed by atoms with Gasteiger partial charge in [0.2, 0.25) is 22.2 Å². The fourth-order valence-corrected chi connectivity index (χ4v) is 5.99. The maximum absolute atomic E-state index is 13.2. The highest BCUT2D eigenvalue weighted by Gasteiger charge is 2.30. The maximum atomic E-state index is 13.2. The van der Waals surface area contributed by atoms with Crippen LogP contribution in [0.15, 0.2) is 65.3 Å². The number of anilines is 2. The summed E-state index contributed by atoms with van der Waals surface area (Å²) in [5, 5.41) is 15.1. The van der Waals surface area contributed by atoms with E-state index in [0.717, 1.165) is 4.31 Å². The number of unbranched alkanes of at least 4 members (excludes halogenated alkanes) is 1. The van der Waals surface area contributed by atoms with Gasteiger partial charge in [-0.3, -0.25) is 9.59 Å². The molecule has 1 aliphatic rings. The minimum Gasteiger partial charge on any atom is -0.497 e. The molecule has 0 bridgehead atoms. The number of nitrogen functional groups attached to an aromatic ring is 1. The van der Waals surface area contributed by atoms with Gasteiger partial charge in [0.05, 0.1) is 36.6 Å². The molecule has 2 aromatic carbocycles. The van der Waals surface area contributed by atoms with Gasteiger partial charge >= 0.3 is 0 Å². The van der Waals surface area contributed by atoms with Crippen molar-refractivity contribution in [3.63, 3.8) is 0 Å². The number of ether oxygens (including phenoxy) is 3. The van der Waals surface area contributed by atoms with E-state index >= 15 is 0 Å². The second-order valence-corrected chi connectivity index (χ2v) is 12.7. The molecule has 2 amide bonds. The number of para-hydroxylation sites is 2. The molecule has 0 unspecified atom stereocenters. The lowest BCUT2D eigenvalue weighted by molar-refractivity contribution is -0.150. The molecular formula is C31H44N4O8S. The van der Waals surface area contributed by atoms with Crippen LogP contribution in [0.2, 0.25) is 0 Å². The van der Waals surface area contributed by atoms with Crippen LogP contribution in [0.25, 0.3) is 0 Å². The number of aliphatic hydroxyl groups excluding tert-OH is 1. The molecule has 13 heteroatoms. The zero-order valence-electron chi connectivity index (χ0n) is 25.5. The number of benzene rings is 2. The monoisotopic (exact) mass is 632 g/mol. The van der Waals surface area contributed by atoms with Gasteiger partial charge in [-0.2, -0.15) is 4.31 Å². The summed E-state index contributed by atoms with van der Waals surface area (Å²) in [7, 11) is -2.39. The lowest BCUT2D eigenvalue weighted by Crippen LogP contribution is -2.38. The van der Waals surface area contributed by atoms with Crippen molar-refractivity contribution < 1.29 is 37.3 Å². The van der Waals surface area contributed by atoms with Crippen LogP contribution in [0, 0.1) is 11.8 Å². The lowest BCUT2D eigenvalue weighted by Gasteiger charge is -2.31. The number of aliphatic hydroxyl groups is 1. The third kappa shape index (κ3) is 10.2. The molecule has 0 spiro atoms. The van der Waals surface area contributed by atoms with Crippen molar-refractivity contribution >= 4 is 33.2 Å². The first kappa shape index (κ1) is 34.8. The van der Waals surface area contributed by atoms with Crippen molar-refractivity contribution in [1.82, 2.24) is 9.62 Å². The highest BCUT2D eigenvalue weighted by molar-refractivity contribution is 7.89. The summed E-state index contributed by atoms with van der Waals surface area (Å²) in [4.78, 5) is 25.2. The van der Waals surface area contributed by atoms with Gasteiger partial charge in [-0.05, 0) is 67.2 Å². The van der Waals surface area contributed by atoms with Crippen molar-refractivity contribution in [1.29, 1.82) is 0 Å². The molecule has 1 aliphatic heterocycles. The maximum Gasteiger partial charge on any atom is 0.286 e. The Labute approximate surface area is 259 Å². The molecule has 2 aromatic rings. The van der Waals surface area contributed by atoms with E-state index in [1.54, 1.807) is 42.5 Å². The molecule has 0 radical (unpaired) electrons. The molecule has 0 saturated heterocycles. The van der Waals surface area contributed by atoms with Crippen molar-refractivity contribution in [3.05, 3.63) is 60.4 Å². The molecular weight excluding hydrogens is 588 g/mol. The number of nitrogens with zero attached hydrogens (tertiary/aromatic N) is 1. The van der Waals surface area contributed by atoms with Gasteiger partial charge in [0, 0.05) is 32.5 Å². The molecule has 0 saturated carbocycles. The summed E-state index contributed by atoms with van der Waals surface area (Å²) in [5.74, 6) is 0.373. The van der Waals surface area contributed by atoms with Crippen molar-refractivity contribution in [3.8, 4) is 5.75 Å². The third-order valence-electron chi connectivity index (χ3n) is 7.21. The molecule has 242 valence electrons. The average molecular weight is 633 g/mol. The zero-order valence-corrected chi connectivity index (χ0v) is 26.3. The number of methoxy groups -OCH3 is 1. The quantitative estimate of drug-likeness (QED) is 0.151. The summed E-state index contributed by atoms with van der Waals surface area (Å²) in [6.07, 6.45) is 3.00. The van der Waals surface area contributed by atoms with Gasteiger partial charge in [0.15, 0.2) is 5.76 Å². The van der Waals surface area contributed by atoms with E-state index in [4.69, 9.17) is 19.9 Å². The van der Waals surface area contributed by atoms with Gasteiger partial charge in [-0.1, -0.05) is 26.0 Å². The van der Waals surface area contributed by atoms with Crippen molar-refractivity contribution in [2.45, 2.75) is 50.7 Å². The number of carbonyl (C=O) groups excluding carboxylic acids is 2. The lowest BCUT2D eigenvalue weighted by atomic mass is 9.90. The molecule has 2 atom stereocenters. The molecule has 1 heterocycles. The number of amides is 2. The molecule has 12 nitrogen and oxygen atoms in total. The van der Waals surface area contributed by atoms with Crippen LogP contribution in [0.1, 0.15) is 39.5 Å². The predicted octanol–water partition coefficient (Wildman–Crippen LogP) is 3.10. The zero-order chi connectivity index (χ0) is 32.1. The van der Waals surface area contributed by atoms with Crippen molar-refractivity contribution in [2.24, 2.45) is 11.8 Å². The van der Waals surface area contributed by atoms with Gasteiger partial charge in [-0.25, -0.2) is 8.42 Å². The Kier molecular flexibility index (Phi) is 13.5. The largest absolute Gasteiger partial charge is 0.497 e. The van der Waals surface area contributed by atoms with E-state index in [9.17, 15) is 23.1 Å². The Morgan fingerprint density at radius 2 is 1.84 bits per heavy atom. The van der Waals surface area contributed by atoms with Crippen LogP contribution in [0.5, 0.6) is 5.75 Å². The second-order valence-electron chi connectivity index (χ2n) is 10.7. The fourth-order valence-electron chi connectivity index (χ4n) is 4.58. The van der Waals surface area contributed by atoms with E-state index in [-0.39, 0.29) is 67.0 Å². The predicted molar refractivity (Wildman–Crippen MR) is 167 cm³/mol. The number of nitrogens with one attached hydrogen (secondary N) is 2. The van der Waals surface area contributed by atoms with E-state index in [2.05, 4.69) is 10.6 Å². The minimum absolute atomic E-state index is 0.00351. The topological polar surface area (TPSA) is 170 Å². The fraction of sp³-hybridized carbons (Fsp3) is 0.484. The van der Waals surface area contributed by atoms with E-state index < -0.39 is 16.3 Å². The molecule has 0 aromatic heterocycles. The SMILES string of the molecule is COc1ccc(S(=O)(=O)N(CCO)CCO[C@@H]2C[C@H](C(C)C)C=C(C(=O)NCCCCC(=O)Nc3ccccc3N)O2)cc1. The standard InChI is InChI=1S/C31H44N4O8S/c1-22(2)23-20-28(31(38)33-15-7-6-10-29(37)34-27-9-5-4-8-26(27)32)43-30(21-23)42-19-17-35(16-18-36)44(39,40)25-13-11-24(41-3)12-14-25/h4-5,8-9,11-14,20,22-23,30,36H,6-7,10,15-19,21,32H2,1-3H3,(H,33,38)(H,34,37)/t23-,30+/m1/s1. The van der Waals surface area contributed by atoms with Crippen LogP contribution in [-0.4, -0.2) is 75.9 Å². The van der Waals surface area contributed by atoms with Crippen molar-refractivity contribution in [2.75, 3.05) is 51.0 Å². The van der Waals surface area contributed by atoms with Crippen LogP contribution in [0.4, 0.5) is 11.4 Å². The van der Waals surface area contributed by atoms with E-state index in [1.807, 2.05) is 13.8 Å². The van der Waals surface area contributed by atoms with Gasteiger partial charge < -0.3 is 35.7 Å². The Hall–Kier alpha value is -3.65. The van der Waals surface area contributed by atoms with E-state index in [1.165, 1.54) is 19.2 Å². The van der Waals surface area contributed by atoms with Gasteiger partial charge in [-0.15, -0.1) is 0 Å². The molecule has 0 aliphatic carbocycles.